The molecule has 112 valence electrons. The van der Waals surface area contributed by atoms with Gasteiger partial charge in [0.05, 0.1) is 16.1 Å². The van der Waals surface area contributed by atoms with Gasteiger partial charge in [-0.1, -0.05) is 18.2 Å². The second-order valence-electron chi connectivity index (χ2n) is 4.39. The van der Waals surface area contributed by atoms with Gasteiger partial charge in [-0.25, -0.2) is 9.82 Å². The van der Waals surface area contributed by atoms with E-state index in [1.165, 1.54) is 24.3 Å². The molecule has 0 aliphatic heterocycles. The van der Waals surface area contributed by atoms with Crippen molar-refractivity contribution in [1.29, 1.82) is 0 Å². The lowest BCUT2D eigenvalue weighted by Crippen LogP contribution is -2.29. The molecular formula is C14H11BrF4N2. The van der Waals surface area contributed by atoms with Crippen molar-refractivity contribution < 1.29 is 17.6 Å². The van der Waals surface area contributed by atoms with Gasteiger partial charge in [-0.05, 0) is 51.3 Å². The molecule has 0 saturated carbocycles. The normalized spacial score (nSPS) is 13.2. The van der Waals surface area contributed by atoms with Gasteiger partial charge < -0.3 is 0 Å². The minimum Gasteiger partial charge on any atom is -0.271 e. The number of nitrogens with one attached hydrogen (secondary N) is 1. The van der Waals surface area contributed by atoms with E-state index in [2.05, 4.69) is 21.4 Å². The molecule has 0 aliphatic carbocycles. The van der Waals surface area contributed by atoms with E-state index >= 15 is 0 Å². The van der Waals surface area contributed by atoms with Crippen LogP contribution in [0.15, 0.2) is 46.9 Å². The lowest BCUT2D eigenvalue weighted by Gasteiger charge is -2.18. The standard InChI is InChI=1S/C14H11BrF4N2/c15-11-6-3-9(7-12(11)16)13(21-20)8-1-4-10(5-2-8)14(17,18)19/h1-7,13,21H,20H2. The number of rotatable bonds is 3. The van der Waals surface area contributed by atoms with Crippen LogP contribution in [-0.2, 0) is 6.18 Å². The molecule has 21 heavy (non-hydrogen) atoms. The van der Waals surface area contributed by atoms with Crippen LogP contribution in [-0.4, -0.2) is 0 Å². The number of hydrogen-bond donors (Lipinski definition) is 2. The smallest absolute Gasteiger partial charge is 0.271 e. The van der Waals surface area contributed by atoms with E-state index < -0.39 is 23.6 Å². The average Bonchev–Trinajstić information content (AvgIpc) is 2.43. The summed E-state index contributed by atoms with van der Waals surface area (Å²) in [6.45, 7) is 0. The number of nitrogens with two attached hydrogens (primary N) is 1. The largest absolute Gasteiger partial charge is 0.416 e. The monoisotopic (exact) mass is 362 g/mol. The molecule has 0 spiro atoms. The van der Waals surface area contributed by atoms with Gasteiger partial charge >= 0.3 is 6.18 Å². The fourth-order valence-electron chi connectivity index (χ4n) is 1.94. The van der Waals surface area contributed by atoms with Crippen LogP contribution in [0, 0.1) is 5.82 Å². The quantitative estimate of drug-likeness (QED) is 0.488. The average molecular weight is 363 g/mol. The summed E-state index contributed by atoms with van der Waals surface area (Å²) in [6, 6.07) is 8.38. The Bertz CT molecular complexity index is 626. The highest BCUT2D eigenvalue weighted by Crippen LogP contribution is 2.31. The summed E-state index contributed by atoms with van der Waals surface area (Å²) in [5.74, 6) is 4.97. The highest BCUT2D eigenvalue weighted by molar-refractivity contribution is 9.10. The van der Waals surface area contributed by atoms with Gasteiger partial charge in [-0.15, -0.1) is 0 Å². The lowest BCUT2D eigenvalue weighted by molar-refractivity contribution is -0.137. The first kappa shape index (κ1) is 15.9. The van der Waals surface area contributed by atoms with Crippen molar-refractivity contribution in [3.63, 3.8) is 0 Å². The van der Waals surface area contributed by atoms with Crippen LogP contribution < -0.4 is 11.3 Å². The van der Waals surface area contributed by atoms with Gasteiger partial charge in [-0.3, -0.25) is 5.84 Å². The third-order valence-electron chi connectivity index (χ3n) is 3.02. The SMILES string of the molecule is NNC(c1ccc(C(F)(F)F)cc1)c1ccc(Br)c(F)c1. The van der Waals surface area contributed by atoms with Crippen LogP contribution >= 0.6 is 15.9 Å². The molecule has 0 aromatic heterocycles. The number of halogens is 5. The Morgan fingerprint density at radius 3 is 2.05 bits per heavy atom. The number of benzene rings is 2. The van der Waals surface area contributed by atoms with E-state index in [1.807, 2.05) is 0 Å². The molecule has 2 aromatic carbocycles. The van der Waals surface area contributed by atoms with Crippen LogP contribution in [0.4, 0.5) is 17.6 Å². The van der Waals surface area contributed by atoms with Crippen molar-refractivity contribution in [2.24, 2.45) is 5.84 Å². The Hall–Kier alpha value is -1.44. The molecule has 0 fully saturated rings. The Kier molecular flexibility index (Phi) is 4.65. The van der Waals surface area contributed by atoms with Gasteiger partial charge in [0, 0.05) is 0 Å². The van der Waals surface area contributed by atoms with Crippen molar-refractivity contribution in [1.82, 2.24) is 5.43 Å². The third-order valence-corrected chi connectivity index (χ3v) is 3.66. The predicted molar refractivity (Wildman–Crippen MR) is 74.7 cm³/mol. The Labute approximate surface area is 127 Å². The van der Waals surface area contributed by atoms with Crippen LogP contribution in [0.25, 0.3) is 0 Å². The molecule has 1 atom stereocenters. The van der Waals surface area contributed by atoms with E-state index in [0.717, 1.165) is 12.1 Å². The van der Waals surface area contributed by atoms with Crippen molar-refractivity contribution >= 4 is 15.9 Å². The minimum absolute atomic E-state index is 0.300. The fourth-order valence-corrected chi connectivity index (χ4v) is 2.19. The first-order chi connectivity index (χ1) is 9.82. The summed E-state index contributed by atoms with van der Waals surface area (Å²) in [6.07, 6.45) is -4.39. The summed E-state index contributed by atoms with van der Waals surface area (Å²) in [4.78, 5) is 0. The predicted octanol–water partition coefficient (Wildman–Crippen LogP) is 4.16. The Morgan fingerprint density at radius 1 is 1.00 bits per heavy atom. The number of hydrogen-bond acceptors (Lipinski definition) is 2. The molecule has 0 saturated heterocycles. The van der Waals surface area contributed by atoms with E-state index in [-0.39, 0.29) is 0 Å². The molecule has 1 unspecified atom stereocenters. The van der Waals surface area contributed by atoms with E-state index in [9.17, 15) is 17.6 Å². The summed E-state index contributed by atoms with van der Waals surface area (Å²) < 4.78 is 51.4. The third kappa shape index (κ3) is 3.61. The van der Waals surface area contributed by atoms with Crippen molar-refractivity contribution in [3.05, 3.63) is 69.4 Å². The Morgan fingerprint density at radius 2 is 1.57 bits per heavy atom. The molecule has 0 radical (unpaired) electrons. The second-order valence-corrected chi connectivity index (χ2v) is 5.25. The van der Waals surface area contributed by atoms with Crippen molar-refractivity contribution in [2.45, 2.75) is 12.2 Å². The summed E-state index contributed by atoms with van der Waals surface area (Å²) >= 11 is 3.04. The van der Waals surface area contributed by atoms with Gasteiger partial charge in [0.2, 0.25) is 0 Å². The van der Waals surface area contributed by atoms with Crippen molar-refractivity contribution in [2.75, 3.05) is 0 Å². The molecule has 7 heteroatoms. The second kappa shape index (κ2) is 6.13. The van der Waals surface area contributed by atoms with Gasteiger partial charge in [0.1, 0.15) is 5.82 Å². The molecule has 2 aromatic rings. The first-order valence-electron chi connectivity index (χ1n) is 5.91. The van der Waals surface area contributed by atoms with Crippen LogP contribution in [0.3, 0.4) is 0 Å². The maximum Gasteiger partial charge on any atom is 0.416 e. The summed E-state index contributed by atoms with van der Waals surface area (Å²) in [5, 5.41) is 0. The maximum atomic E-state index is 13.5. The zero-order valence-corrected chi connectivity index (χ0v) is 12.2. The molecule has 3 N–H and O–H groups in total. The van der Waals surface area contributed by atoms with Gasteiger partial charge in [0.15, 0.2) is 0 Å². The molecule has 0 heterocycles. The van der Waals surface area contributed by atoms with Crippen molar-refractivity contribution in [3.8, 4) is 0 Å². The zero-order valence-electron chi connectivity index (χ0n) is 10.6. The van der Waals surface area contributed by atoms with Gasteiger partial charge in [-0.2, -0.15) is 13.2 Å². The van der Waals surface area contributed by atoms with E-state index in [0.29, 0.717) is 15.6 Å². The van der Waals surface area contributed by atoms with Crippen LogP contribution in [0.1, 0.15) is 22.7 Å². The number of hydrazine groups is 1. The number of alkyl halides is 3. The molecule has 2 nitrogen and oxygen atoms in total. The molecule has 0 bridgehead atoms. The first-order valence-corrected chi connectivity index (χ1v) is 6.70. The zero-order chi connectivity index (χ0) is 15.6. The van der Waals surface area contributed by atoms with E-state index in [4.69, 9.17) is 5.84 Å². The topological polar surface area (TPSA) is 38.0 Å². The molecule has 2 rings (SSSR count). The Balaban J connectivity index is 2.35. The molecule has 0 amide bonds. The van der Waals surface area contributed by atoms with Gasteiger partial charge in [0.25, 0.3) is 0 Å². The maximum absolute atomic E-state index is 13.5. The molecule has 0 aliphatic rings. The van der Waals surface area contributed by atoms with Crippen LogP contribution in [0.2, 0.25) is 0 Å². The lowest BCUT2D eigenvalue weighted by atomic mass is 9.98. The summed E-state index contributed by atoms with van der Waals surface area (Å²) in [5.41, 5.74) is 2.75. The van der Waals surface area contributed by atoms with Crippen LogP contribution in [0.5, 0.6) is 0 Å². The highest BCUT2D eigenvalue weighted by atomic mass is 79.9. The summed E-state index contributed by atoms with van der Waals surface area (Å²) in [7, 11) is 0. The highest BCUT2D eigenvalue weighted by Gasteiger charge is 2.30. The minimum atomic E-state index is -4.39. The van der Waals surface area contributed by atoms with E-state index in [1.54, 1.807) is 6.07 Å². The molecular weight excluding hydrogens is 352 g/mol. The fraction of sp³-hybridized carbons (Fsp3) is 0.143.